The molecule has 0 unspecified atom stereocenters. The van der Waals surface area contributed by atoms with E-state index in [1.165, 1.54) is 55.3 Å². The van der Waals surface area contributed by atoms with Gasteiger partial charge in [-0.05, 0) is 72.5 Å². The number of para-hydroxylation sites is 2. The molecular weight excluding hydrogens is 412 g/mol. The molecule has 2 heterocycles. The maximum absolute atomic E-state index is 3.90. The quantitative estimate of drug-likeness (QED) is 0.264. The minimum atomic E-state index is 1.07. The third kappa shape index (κ3) is 2.69. The van der Waals surface area contributed by atoms with E-state index in [-0.39, 0.29) is 0 Å². The summed E-state index contributed by atoms with van der Waals surface area (Å²) in [7, 11) is 0. The molecule has 7 rings (SSSR count). The predicted molar refractivity (Wildman–Crippen MR) is 145 cm³/mol. The van der Waals surface area contributed by atoms with Crippen molar-refractivity contribution in [2.45, 2.75) is 12.8 Å². The molecule has 0 amide bonds. The molecule has 162 valence electrons. The summed E-state index contributed by atoms with van der Waals surface area (Å²) in [5.41, 5.74) is 10.0. The molecule has 0 saturated carbocycles. The highest BCUT2D eigenvalue weighted by Gasteiger charge is 2.20. The molecule has 2 aromatic heterocycles. The van der Waals surface area contributed by atoms with Crippen LogP contribution in [0.25, 0.3) is 56.2 Å². The normalized spacial score (nSPS) is 13.1. The van der Waals surface area contributed by atoms with Crippen LogP contribution in [0.3, 0.4) is 0 Å². The molecule has 34 heavy (non-hydrogen) atoms. The molecule has 0 radical (unpaired) electrons. The number of aryl methyl sites for hydroxylation is 1. The second kappa shape index (κ2) is 7.36. The van der Waals surface area contributed by atoms with Crippen molar-refractivity contribution in [3.05, 3.63) is 120 Å². The van der Waals surface area contributed by atoms with Gasteiger partial charge in [-0.1, -0.05) is 67.3 Å². The minimum Gasteiger partial charge on any atom is -0.310 e. The van der Waals surface area contributed by atoms with Gasteiger partial charge in [0.1, 0.15) is 0 Å². The number of rotatable bonds is 3. The Hall–Kier alpha value is -4.30. The smallest absolute Gasteiger partial charge is 0.0541 e. The van der Waals surface area contributed by atoms with Crippen molar-refractivity contribution in [1.29, 1.82) is 0 Å². The van der Waals surface area contributed by atoms with E-state index in [0.29, 0.717) is 0 Å². The van der Waals surface area contributed by atoms with Crippen LogP contribution in [0.4, 0.5) is 0 Å². The van der Waals surface area contributed by atoms with Crippen LogP contribution in [0.1, 0.15) is 23.2 Å². The highest BCUT2D eigenvalue weighted by molar-refractivity contribution is 6.09. The average Bonchev–Trinajstić information content (AvgIpc) is 3.41. The maximum Gasteiger partial charge on any atom is 0.0541 e. The topological polar surface area (TPSA) is 9.86 Å². The maximum atomic E-state index is 3.90. The monoisotopic (exact) mass is 436 g/mol. The van der Waals surface area contributed by atoms with Gasteiger partial charge in [-0.15, -0.1) is 0 Å². The van der Waals surface area contributed by atoms with Crippen LogP contribution in [0.5, 0.6) is 0 Å². The van der Waals surface area contributed by atoms with Gasteiger partial charge in [-0.2, -0.15) is 0 Å². The third-order valence-corrected chi connectivity index (χ3v) is 7.16. The third-order valence-electron chi connectivity index (χ3n) is 7.16. The molecule has 2 heteroatoms. The molecule has 0 atom stereocenters. The number of hydrogen-bond donors (Lipinski definition) is 0. The number of allylic oxidation sites excluding steroid dienone is 1. The molecule has 1 aliphatic carbocycles. The van der Waals surface area contributed by atoms with E-state index in [0.717, 1.165) is 18.4 Å². The van der Waals surface area contributed by atoms with Crippen molar-refractivity contribution in [3.8, 4) is 11.4 Å². The highest BCUT2D eigenvalue weighted by atomic mass is 15.0. The summed E-state index contributed by atoms with van der Waals surface area (Å²) in [4.78, 5) is 0. The van der Waals surface area contributed by atoms with E-state index >= 15 is 0 Å². The van der Waals surface area contributed by atoms with Gasteiger partial charge in [0, 0.05) is 33.2 Å². The van der Waals surface area contributed by atoms with E-state index in [1.807, 2.05) is 6.08 Å². The van der Waals surface area contributed by atoms with Gasteiger partial charge in [0.25, 0.3) is 0 Å². The van der Waals surface area contributed by atoms with Gasteiger partial charge in [0.05, 0.1) is 16.6 Å². The number of nitrogens with zero attached hydrogens (tertiary/aromatic N) is 2. The van der Waals surface area contributed by atoms with Crippen molar-refractivity contribution in [1.82, 2.24) is 9.13 Å². The molecule has 4 aromatic carbocycles. The second-order valence-corrected chi connectivity index (χ2v) is 9.01. The zero-order chi connectivity index (χ0) is 22.6. The fraction of sp³-hybridized carbons (Fsp3) is 0.0625. The summed E-state index contributed by atoms with van der Waals surface area (Å²) in [6, 6.07) is 33.0. The minimum absolute atomic E-state index is 1.07. The summed E-state index contributed by atoms with van der Waals surface area (Å²) in [5, 5.41) is 3.93. The fourth-order valence-electron chi connectivity index (χ4n) is 5.60. The molecule has 0 aliphatic heterocycles. The lowest BCUT2D eigenvalue weighted by molar-refractivity contribution is 0.967. The van der Waals surface area contributed by atoms with Crippen LogP contribution in [0, 0.1) is 0 Å². The Kier molecular flexibility index (Phi) is 4.16. The molecule has 2 nitrogen and oxygen atoms in total. The van der Waals surface area contributed by atoms with Gasteiger partial charge in [-0.25, -0.2) is 0 Å². The van der Waals surface area contributed by atoms with Crippen LogP contribution in [0.15, 0.2) is 104 Å². The Morgan fingerprint density at radius 3 is 2.00 bits per heavy atom. The number of hydrogen-bond acceptors (Lipinski definition) is 0. The molecule has 1 aliphatic rings. The molecule has 0 fully saturated rings. The van der Waals surface area contributed by atoms with Crippen LogP contribution in [0.2, 0.25) is 0 Å². The van der Waals surface area contributed by atoms with Gasteiger partial charge < -0.3 is 9.13 Å². The largest absolute Gasteiger partial charge is 0.310 e. The van der Waals surface area contributed by atoms with Gasteiger partial charge in [0.2, 0.25) is 0 Å². The van der Waals surface area contributed by atoms with Crippen molar-refractivity contribution in [3.63, 3.8) is 0 Å². The van der Waals surface area contributed by atoms with E-state index in [1.54, 1.807) is 0 Å². The van der Waals surface area contributed by atoms with E-state index in [4.69, 9.17) is 0 Å². The zero-order valence-electron chi connectivity index (χ0n) is 18.9. The zero-order valence-corrected chi connectivity index (χ0v) is 18.9. The summed E-state index contributed by atoms with van der Waals surface area (Å²) < 4.78 is 4.81. The first-order valence-corrected chi connectivity index (χ1v) is 11.9. The van der Waals surface area contributed by atoms with E-state index in [2.05, 4.69) is 119 Å². The van der Waals surface area contributed by atoms with Crippen LogP contribution in [-0.4, -0.2) is 9.13 Å². The Labute approximate surface area is 198 Å². The molecular formula is C32H24N2. The van der Waals surface area contributed by atoms with Gasteiger partial charge in [-0.3, -0.25) is 0 Å². The fourth-order valence-corrected chi connectivity index (χ4v) is 5.60. The van der Waals surface area contributed by atoms with Gasteiger partial charge in [0.15, 0.2) is 0 Å². The summed E-state index contributed by atoms with van der Waals surface area (Å²) in [5.74, 6) is 0. The van der Waals surface area contributed by atoms with Crippen molar-refractivity contribution >= 4 is 44.9 Å². The molecule has 0 bridgehead atoms. The Bertz CT molecular complexity index is 1700. The van der Waals surface area contributed by atoms with Gasteiger partial charge >= 0.3 is 0 Å². The number of aromatic nitrogens is 2. The lowest BCUT2D eigenvalue weighted by Gasteiger charge is -2.12. The molecule has 0 saturated heterocycles. The van der Waals surface area contributed by atoms with E-state index in [9.17, 15) is 0 Å². The summed E-state index contributed by atoms with van der Waals surface area (Å²) >= 11 is 0. The predicted octanol–water partition coefficient (Wildman–Crippen LogP) is 8.33. The first kappa shape index (κ1) is 19.2. The molecule has 0 spiro atoms. The van der Waals surface area contributed by atoms with Crippen LogP contribution < -0.4 is 0 Å². The van der Waals surface area contributed by atoms with E-state index < -0.39 is 0 Å². The summed E-state index contributed by atoms with van der Waals surface area (Å²) in [6.07, 6.45) is 8.63. The van der Waals surface area contributed by atoms with Crippen molar-refractivity contribution < 1.29 is 0 Å². The Balaban J connectivity index is 1.52. The molecule has 0 N–H and O–H groups in total. The lowest BCUT2D eigenvalue weighted by atomic mass is 10.0. The first-order valence-electron chi connectivity index (χ1n) is 11.9. The Morgan fingerprint density at radius 1 is 0.647 bits per heavy atom. The first-order chi connectivity index (χ1) is 16.8. The van der Waals surface area contributed by atoms with Crippen molar-refractivity contribution in [2.24, 2.45) is 0 Å². The lowest BCUT2D eigenvalue weighted by Crippen LogP contribution is -2.00. The van der Waals surface area contributed by atoms with Crippen LogP contribution >= 0.6 is 0 Å². The SMILES string of the molecule is C=Cc1ccc(-n2c3c(c4cc(-n5c6ccccc6c6ccccc65)ccc42)CCC=C3)cc1. The number of fused-ring (bicyclic) bond motifs is 6. The summed E-state index contributed by atoms with van der Waals surface area (Å²) in [6.45, 7) is 3.90. The highest BCUT2D eigenvalue weighted by Crippen LogP contribution is 2.37. The standard InChI is InChI=1S/C32H24N2/c1-2-22-15-17-23(18-16-22)33-31-14-8-5-11-27(31)28-21-24(19-20-32(28)33)34-29-12-6-3-9-25(29)26-10-4-7-13-30(26)34/h2-4,6-10,12-21H,1,5,11H2. The second-order valence-electron chi connectivity index (χ2n) is 9.01. The van der Waals surface area contributed by atoms with Crippen LogP contribution in [-0.2, 0) is 6.42 Å². The van der Waals surface area contributed by atoms with Crippen molar-refractivity contribution in [2.75, 3.05) is 0 Å². The average molecular weight is 437 g/mol. The molecule has 6 aromatic rings. The number of benzene rings is 4. The Morgan fingerprint density at radius 2 is 1.29 bits per heavy atom.